The number of aromatic nitrogens is 3. The summed E-state index contributed by atoms with van der Waals surface area (Å²) in [5.74, 6) is -0.232. The minimum absolute atomic E-state index is 0.134. The van der Waals surface area contributed by atoms with E-state index in [1.54, 1.807) is 10.6 Å². The molecule has 0 atom stereocenters. The highest BCUT2D eigenvalue weighted by atomic mass is 32.2. The van der Waals surface area contributed by atoms with Gasteiger partial charge in [0, 0.05) is 37.6 Å². The third kappa shape index (κ3) is 4.22. The van der Waals surface area contributed by atoms with Gasteiger partial charge in [0.15, 0.2) is 5.65 Å². The molecule has 1 aromatic carbocycles. The van der Waals surface area contributed by atoms with Crippen molar-refractivity contribution >= 4 is 27.3 Å². The second-order valence-electron chi connectivity index (χ2n) is 7.91. The van der Waals surface area contributed by atoms with E-state index in [1.807, 2.05) is 27.7 Å². The van der Waals surface area contributed by atoms with Gasteiger partial charge in [-0.05, 0) is 62.9 Å². The van der Waals surface area contributed by atoms with Crippen LogP contribution in [0.2, 0.25) is 0 Å². The average Bonchev–Trinajstić information content (AvgIpc) is 3.13. The number of rotatable bonds is 6. The molecular weight excluding hydrogens is 428 g/mol. The zero-order valence-electron chi connectivity index (χ0n) is 19.0. The Morgan fingerprint density at radius 3 is 2.53 bits per heavy atom. The van der Waals surface area contributed by atoms with Gasteiger partial charge in [-0.3, -0.25) is 4.79 Å². The summed E-state index contributed by atoms with van der Waals surface area (Å²) < 4.78 is 27.8. The molecule has 3 aromatic rings. The van der Waals surface area contributed by atoms with E-state index in [1.165, 1.54) is 26.4 Å². The third-order valence-corrected chi connectivity index (χ3v) is 7.42. The monoisotopic (exact) mass is 454 g/mol. The first-order valence-corrected chi connectivity index (χ1v) is 11.5. The Morgan fingerprint density at radius 2 is 1.91 bits per heavy atom. The Hall–Kier alpha value is -3.29. The van der Waals surface area contributed by atoms with Crippen molar-refractivity contribution in [2.75, 3.05) is 19.4 Å². The predicted octanol–water partition coefficient (Wildman–Crippen LogP) is 2.66. The summed E-state index contributed by atoms with van der Waals surface area (Å²) in [5.41, 5.74) is 5.42. The van der Waals surface area contributed by atoms with Gasteiger partial charge in [-0.1, -0.05) is 0 Å². The van der Waals surface area contributed by atoms with Gasteiger partial charge in [0.25, 0.3) is 0 Å². The molecule has 0 saturated carbocycles. The van der Waals surface area contributed by atoms with Crippen molar-refractivity contribution in [3.05, 3.63) is 52.0 Å². The maximum absolute atomic E-state index is 12.7. The standard InChI is InChI=1S/C22H26N6O3S/c1-13-9-18(32(30,31)27(5)6)10-20(14(13)2)26-21(29)8-7-19-15(3)25-22-17(11-23)12-24-28(22)16(19)4/h9-10,12H,7-8H2,1-6H3,(H,26,29). The fraction of sp³-hybridized carbons (Fsp3) is 0.364. The highest BCUT2D eigenvalue weighted by Gasteiger charge is 2.20. The van der Waals surface area contributed by atoms with Crippen molar-refractivity contribution < 1.29 is 13.2 Å². The fourth-order valence-electron chi connectivity index (χ4n) is 3.52. The van der Waals surface area contributed by atoms with Gasteiger partial charge in [0.05, 0.1) is 11.1 Å². The molecule has 0 unspecified atom stereocenters. The quantitative estimate of drug-likeness (QED) is 0.611. The number of anilines is 1. The topological polar surface area (TPSA) is 120 Å². The zero-order chi connectivity index (χ0) is 23.8. The van der Waals surface area contributed by atoms with E-state index in [0.29, 0.717) is 23.3 Å². The number of aryl methyl sites for hydroxylation is 3. The first-order valence-electron chi connectivity index (χ1n) is 10.0. The minimum Gasteiger partial charge on any atom is -0.326 e. The summed E-state index contributed by atoms with van der Waals surface area (Å²) in [5, 5.41) is 16.3. The second kappa shape index (κ2) is 8.68. The SMILES string of the molecule is Cc1cc(S(=O)(=O)N(C)C)cc(NC(=O)CCc2c(C)nc3c(C#N)cnn3c2C)c1C. The van der Waals surface area contributed by atoms with Crippen LogP contribution in [-0.4, -0.2) is 47.3 Å². The van der Waals surface area contributed by atoms with Crippen LogP contribution in [0.4, 0.5) is 5.69 Å². The summed E-state index contributed by atoms with van der Waals surface area (Å²) in [4.78, 5) is 17.3. The average molecular weight is 455 g/mol. The smallest absolute Gasteiger partial charge is 0.242 e. The van der Waals surface area contributed by atoms with Gasteiger partial charge in [-0.15, -0.1) is 0 Å². The maximum atomic E-state index is 12.7. The zero-order valence-corrected chi connectivity index (χ0v) is 19.8. The Morgan fingerprint density at radius 1 is 1.22 bits per heavy atom. The molecule has 0 aliphatic rings. The van der Waals surface area contributed by atoms with E-state index in [2.05, 4.69) is 21.5 Å². The molecule has 0 saturated heterocycles. The molecular formula is C22H26N6O3S. The molecule has 0 radical (unpaired) electrons. The molecule has 2 aromatic heterocycles. The molecule has 3 rings (SSSR count). The van der Waals surface area contributed by atoms with E-state index in [-0.39, 0.29) is 17.2 Å². The van der Waals surface area contributed by atoms with Gasteiger partial charge < -0.3 is 5.32 Å². The van der Waals surface area contributed by atoms with Crippen molar-refractivity contribution in [1.29, 1.82) is 5.26 Å². The molecule has 2 heterocycles. The molecule has 0 aliphatic carbocycles. The first-order chi connectivity index (χ1) is 15.0. The summed E-state index contributed by atoms with van der Waals surface area (Å²) in [6.07, 6.45) is 2.09. The van der Waals surface area contributed by atoms with Gasteiger partial charge >= 0.3 is 0 Å². The Balaban J connectivity index is 1.83. The molecule has 1 N–H and O–H groups in total. The molecule has 1 amide bonds. The molecule has 0 bridgehead atoms. The lowest BCUT2D eigenvalue weighted by atomic mass is 10.1. The number of nitriles is 1. The normalized spacial score (nSPS) is 11.7. The number of fused-ring (bicyclic) bond motifs is 1. The number of hydrogen-bond acceptors (Lipinski definition) is 6. The van der Waals surface area contributed by atoms with Crippen LogP contribution in [0.15, 0.2) is 23.2 Å². The predicted molar refractivity (Wildman–Crippen MR) is 121 cm³/mol. The molecule has 0 spiro atoms. The maximum Gasteiger partial charge on any atom is 0.242 e. The number of carbonyl (C=O) groups excluding carboxylic acids is 1. The molecule has 0 aliphatic heterocycles. The summed E-state index contributed by atoms with van der Waals surface area (Å²) in [7, 11) is -0.681. The Bertz CT molecular complexity index is 1370. The van der Waals surface area contributed by atoms with Crippen molar-refractivity contribution in [3.8, 4) is 6.07 Å². The van der Waals surface area contributed by atoms with Crippen molar-refractivity contribution in [2.45, 2.75) is 45.4 Å². The van der Waals surface area contributed by atoms with Crippen LogP contribution < -0.4 is 5.32 Å². The van der Waals surface area contributed by atoms with Crippen molar-refractivity contribution in [2.24, 2.45) is 0 Å². The number of amides is 1. The van der Waals surface area contributed by atoms with Crippen molar-refractivity contribution in [1.82, 2.24) is 18.9 Å². The lowest BCUT2D eigenvalue weighted by Crippen LogP contribution is -2.23. The lowest BCUT2D eigenvalue weighted by molar-refractivity contribution is -0.116. The molecule has 9 nitrogen and oxygen atoms in total. The van der Waals surface area contributed by atoms with E-state index < -0.39 is 10.0 Å². The molecule has 32 heavy (non-hydrogen) atoms. The van der Waals surface area contributed by atoms with E-state index in [4.69, 9.17) is 0 Å². The minimum atomic E-state index is -3.62. The summed E-state index contributed by atoms with van der Waals surface area (Å²) >= 11 is 0. The summed E-state index contributed by atoms with van der Waals surface area (Å²) in [6.45, 7) is 7.38. The van der Waals surface area contributed by atoms with Gasteiger partial charge in [0.1, 0.15) is 11.6 Å². The van der Waals surface area contributed by atoms with Crippen LogP contribution in [0.3, 0.4) is 0 Å². The Labute approximate surface area is 187 Å². The fourth-order valence-corrected chi connectivity index (χ4v) is 4.53. The van der Waals surface area contributed by atoms with Crippen LogP contribution in [0.5, 0.6) is 0 Å². The summed E-state index contributed by atoms with van der Waals surface area (Å²) in [6, 6.07) is 5.17. The molecule has 10 heteroatoms. The van der Waals surface area contributed by atoms with Crippen LogP contribution >= 0.6 is 0 Å². The number of carbonyl (C=O) groups is 1. The van der Waals surface area contributed by atoms with E-state index in [9.17, 15) is 18.5 Å². The highest BCUT2D eigenvalue weighted by molar-refractivity contribution is 7.89. The molecule has 168 valence electrons. The van der Waals surface area contributed by atoms with Crippen LogP contribution in [0.25, 0.3) is 5.65 Å². The largest absolute Gasteiger partial charge is 0.326 e. The second-order valence-corrected chi connectivity index (χ2v) is 10.1. The molecule has 0 fully saturated rings. The third-order valence-electron chi connectivity index (χ3n) is 5.62. The van der Waals surface area contributed by atoms with Crippen LogP contribution in [0, 0.1) is 39.0 Å². The lowest BCUT2D eigenvalue weighted by Gasteiger charge is -2.17. The number of sulfonamides is 1. The van der Waals surface area contributed by atoms with Gasteiger partial charge in [-0.25, -0.2) is 22.2 Å². The first kappa shape index (κ1) is 23.4. The van der Waals surface area contributed by atoms with E-state index >= 15 is 0 Å². The number of hydrogen-bond donors (Lipinski definition) is 1. The van der Waals surface area contributed by atoms with Gasteiger partial charge in [-0.2, -0.15) is 10.4 Å². The van der Waals surface area contributed by atoms with Gasteiger partial charge in [0.2, 0.25) is 15.9 Å². The highest BCUT2D eigenvalue weighted by Crippen LogP contribution is 2.26. The Kier molecular flexibility index (Phi) is 6.34. The van der Waals surface area contributed by atoms with E-state index in [0.717, 1.165) is 32.4 Å². The van der Waals surface area contributed by atoms with Crippen LogP contribution in [-0.2, 0) is 21.2 Å². The van der Waals surface area contributed by atoms with Crippen molar-refractivity contribution in [3.63, 3.8) is 0 Å². The number of nitrogens with zero attached hydrogens (tertiary/aromatic N) is 5. The van der Waals surface area contributed by atoms with Crippen LogP contribution in [0.1, 0.15) is 40.1 Å². The number of benzene rings is 1. The number of nitrogens with one attached hydrogen (secondary N) is 1.